The van der Waals surface area contributed by atoms with Crippen LogP contribution in [-0.4, -0.2) is 48.9 Å². The molecule has 1 aliphatic heterocycles. The molecule has 2 aromatic carbocycles. The maximum absolute atomic E-state index is 13.1. The maximum atomic E-state index is 13.1. The summed E-state index contributed by atoms with van der Waals surface area (Å²) in [5.74, 6) is -0.681. The van der Waals surface area contributed by atoms with Crippen molar-refractivity contribution in [2.24, 2.45) is 0 Å². The number of anilines is 1. The maximum Gasteiger partial charge on any atom is 0.325 e. The van der Waals surface area contributed by atoms with Crippen LogP contribution in [0.2, 0.25) is 0 Å². The van der Waals surface area contributed by atoms with Crippen LogP contribution in [0.5, 0.6) is 0 Å². The number of urea groups is 1. The number of aryl methyl sites for hydroxylation is 2. The van der Waals surface area contributed by atoms with Gasteiger partial charge in [-0.3, -0.25) is 14.5 Å². The van der Waals surface area contributed by atoms with E-state index in [2.05, 4.69) is 28.5 Å². The lowest BCUT2D eigenvalue weighted by atomic mass is 9.92. The Morgan fingerprint density at radius 3 is 2.77 bits per heavy atom. The van der Waals surface area contributed by atoms with Crippen molar-refractivity contribution in [1.82, 2.24) is 15.5 Å². The summed E-state index contributed by atoms with van der Waals surface area (Å²) in [5.41, 5.74) is 3.16. The predicted molar refractivity (Wildman–Crippen MR) is 119 cm³/mol. The lowest BCUT2D eigenvalue weighted by molar-refractivity contribution is -0.135. The number of nitrogens with zero attached hydrogens (tertiary/aromatic N) is 2. The van der Waals surface area contributed by atoms with Gasteiger partial charge in [0.25, 0.3) is 5.91 Å². The third-order valence-corrected chi connectivity index (χ3v) is 6.18. The van der Waals surface area contributed by atoms with E-state index in [4.69, 9.17) is 0 Å². The molecule has 4 rings (SSSR count). The molecule has 1 atom stereocenters. The summed E-state index contributed by atoms with van der Waals surface area (Å²) in [5, 5.41) is 5.69. The number of carbonyl (C=O) groups is 3. The summed E-state index contributed by atoms with van der Waals surface area (Å²) in [6, 6.07) is 15.4. The highest BCUT2D eigenvalue weighted by Crippen LogP contribution is 2.41. The average molecular weight is 421 g/mol. The van der Waals surface area contributed by atoms with Gasteiger partial charge in [0.05, 0.1) is 0 Å². The Bertz CT molecular complexity index is 1020. The minimum Gasteiger partial charge on any atom is -0.370 e. The summed E-state index contributed by atoms with van der Waals surface area (Å²) in [6.07, 6.45) is 1.25. The van der Waals surface area contributed by atoms with Crippen LogP contribution in [0.25, 0.3) is 0 Å². The number of amides is 4. The zero-order chi connectivity index (χ0) is 22.0. The van der Waals surface area contributed by atoms with Crippen LogP contribution < -0.4 is 15.5 Å². The van der Waals surface area contributed by atoms with Gasteiger partial charge < -0.3 is 15.5 Å². The average Bonchev–Trinajstić information content (AvgIpc) is 3.24. The van der Waals surface area contributed by atoms with E-state index in [1.807, 2.05) is 49.4 Å². The van der Waals surface area contributed by atoms with E-state index in [-0.39, 0.29) is 18.4 Å². The highest BCUT2D eigenvalue weighted by Gasteiger charge is 2.55. The number of benzene rings is 2. The van der Waals surface area contributed by atoms with Gasteiger partial charge in [-0.05, 0) is 55.5 Å². The fourth-order valence-corrected chi connectivity index (χ4v) is 4.56. The summed E-state index contributed by atoms with van der Waals surface area (Å²) < 4.78 is 0. The fraction of sp³-hybridized carbons (Fsp3) is 0.375. The van der Waals surface area contributed by atoms with Gasteiger partial charge >= 0.3 is 6.03 Å². The van der Waals surface area contributed by atoms with Crippen molar-refractivity contribution in [2.75, 3.05) is 31.1 Å². The van der Waals surface area contributed by atoms with Gasteiger partial charge in [0.1, 0.15) is 12.1 Å². The first-order valence-electron chi connectivity index (χ1n) is 10.8. The normalized spacial score (nSPS) is 19.5. The lowest BCUT2D eigenvalue weighted by Crippen LogP contribution is -2.44. The monoisotopic (exact) mass is 420 g/mol. The van der Waals surface area contributed by atoms with E-state index in [1.54, 1.807) is 0 Å². The van der Waals surface area contributed by atoms with Crippen molar-refractivity contribution in [3.8, 4) is 0 Å². The standard InChI is InChI=1S/C24H28N4O3/c1-3-27(19-9-6-7-17(2)15-19)14-13-25-21(29)16-28-22(30)24(26-23(28)31)12-11-18-8-4-5-10-20(18)24/h4-10,15H,3,11-14,16H2,1-2H3,(H,25,29)(H,26,31)/t24-/m1/s1. The zero-order valence-electron chi connectivity index (χ0n) is 18.0. The Morgan fingerprint density at radius 1 is 1.19 bits per heavy atom. The molecule has 1 heterocycles. The summed E-state index contributed by atoms with van der Waals surface area (Å²) in [7, 11) is 0. The third kappa shape index (κ3) is 3.87. The Hall–Kier alpha value is -3.35. The summed E-state index contributed by atoms with van der Waals surface area (Å²) in [6.45, 7) is 5.73. The molecule has 2 aliphatic rings. The molecule has 1 spiro atoms. The number of fused-ring (bicyclic) bond motifs is 2. The van der Waals surface area contributed by atoms with Crippen molar-refractivity contribution >= 4 is 23.5 Å². The van der Waals surface area contributed by atoms with Crippen LogP contribution in [0.4, 0.5) is 10.5 Å². The smallest absolute Gasteiger partial charge is 0.325 e. The molecule has 7 nitrogen and oxygen atoms in total. The number of hydrogen-bond acceptors (Lipinski definition) is 4. The lowest BCUT2D eigenvalue weighted by Gasteiger charge is -2.24. The molecule has 2 aromatic rings. The quantitative estimate of drug-likeness (QED) is 0.674. The van der Waals surface area contributed by atoms with Gasteiger partial charge in [0.15, 0.2) is 0 Å². The molecule has 0 aromatic heterocycles. The third-order valence-electron chi connectivity index (χ3n) is 6.18. The van der Waals surface area contributed by atoms with E-state index in [0.29, 0.717) is 19.5 Å². The summed E-state index contributed by atoms with van der Waals surface area (Å²) in [4.78, 5) is 41.4. The largest absolute Gasteiger partial charge is 0.370 e. The fourth-order valence-electron chi connectivity index (χ4n) is 4.56. The Morgan fingerprint density at radius 2 is 2.00 bits per heavy atom. The van der Waals surface area contributed by atoms with Crippen molar-refractivity contribution in [2.45, 2.75) is 32.2 Å². The van der Waals surface area contributed by atoms with Crippen LogP contribution in [0.3, 0.4) is 0 Å². The first-order valence-corrected chi connectivity index (χ1v) is 10.8. The highest BCUT2D eigenvalue weighted by atomic mass is 16.2. The summed E-state index contributed by atoms with van der Waals surface area (Å²) >= 11 is 0. The molecule has 1 aliphatic carbocycles. The molecule has 4 amide bonds. The zero-order valence-corrected chi connectivity index (χ0v) is 18.0. The first kappa shape index (κ1) is 20.9. The molecular weight excluding hydrogens is 392 g/mol. The van der Waals surface area contributed by atoms with Crippen molar-refractivity contribution in [1.29, 1.82) is 0 Å². The van der Waals surface area contributed by atoms with Crippen molar-refractivity contribution < 1.29 is 14.4 Å². The predicted octanol–water partition coefficient (Wildman–Crippen LogP) is 2.33. The highest BCUT2D eigenvalue weighted by molar-refractivity contribution is 6.09. The first-order chi connectivity index (χ1) is 14.9. The van der Waals surface area contributed by atoms with Gasteiger partial charge in [-0.15, -0.1) is 0 Å². The van der Waals surface area contributed by atoms with Crippen LogP contribution in [-0.2, 0) is 21.5 Å². The number of imide groups is 1. The van der Waals surface area contributed by atoms with E-state index in [0.717, 1.165) is 34.7 Å². The molecule has 31 heavy (non-hydrogen) atoms. The van der Waals surface area contributed by atoms with Gasteiger partial charge in [-0.1, -0.05) is 36.4 Å². The van der Waals surface area contributed by atoms with E-state index in [1.165, 1.54) is 5.56 Å². The molecule has 2 N–H and O–H groups in total. The van der Waals surface area contributed by atoms with Crippen molar-refractivity contribution in [3.63, 3.8) is 0 Å². The second kappa shape index (κ2) is 8.41. The SMILES string of the molecule is CCN(CCNC(=O)CN1C(=O)N[C@@]2(CCc3ccccc32)C1=O)c1cccc(C)c1. The minimum atomic E-state index is -1.03. The molecule has 1 saturated heterocycles. The molecule has 162 valence electrons. The number of hydrogen-bond donors (Lipinski definition) is 2. The van der Waals surface area contributed by atoms with E-state index >= 15 is 0 Å². The van der Waals surface area contributed by atoms with Gasteiger partial charge in [0, 0.05) is 25.3 Å². The number of nitrogens with one attached hydrogen (secondary N) is 2. The van der Waals surface area contributed by atoms with E-state index < -0.39 is 11.6 Å². The molecule has 0 saturated carbocycles. The van der Waals surface area contributed by atoms with E-state index in [9.17, 15) is 14.4 Å². The second-order valence-corrected chi connectivity index (χ2v) is 8.15. The van der Waals surface area contributed by atoms with Gasteiger partial charge in [0.2, 0.25) is 5.91 Å². The molecular formula is C24H28N4O3. The van der Waals surface area contributed by atoms with Crippen LogP contribution in [0.1, 0.15) is 30.0 Å². The molecule has 0 unspecified atom stereocenters. The number of rotatable bonds is 7. The Kier molecular flexibility index (Phi) is 5.67. The van der Waals surface area contributed by atoms with Crippen LogP contribution in [0.15, 0.2) is 48.5 Å². The molecule has 0 bridgehead atoms. The number of likely N-dealkylation sites (N-methyl/N-ethyl adjacent to an activating group) is 1. The topological polar surface area (TPSA) is 81.8 Å². The Labute approximate surface area is 182 Å². The van der Waals surface area contributed by atoms with Gasteiger partial charge in [-0.2, -0.15) is 0 Å². The molecule has 7 heteroatoms. The van der Waals surface area contributed by atoms with Gasteiger partial charge in [-0.25, -0.2) is 4.79 Å². The van der Waals surface area contributed by atoms with Crippen LogP contribution in [0, 0.1) is 6.92 Å². The molecule has 1 fully saturated rings. The second-order valence-electron chi connectivity index (χ2n) is 8.15. The Balaban J connectivity index is 1.35. The van der Waals surface area contributed by atoms with Crippen LogP contribution >= 0.6 is 0 Å². The van der Waals surface area contributed by atoms with Crippen molar-refractivity contribution in [3.05, 3.63) is 65.2 Å². The molecule has 0 radical (unpaired) electrons. The minimum absolute atomic E-state index is 0.273. The number of carbonyl (C=O) groups excluding carboxylic acids is 3.